The summed E-state index contributed by atoms with van der Waals surface area (Å²) in [6.07, 6.45) is 2.06. The summed E-state index contributed by atoms with van der Waals surface area (Å²) < 4.78 is 13.0. The number of rotatable bonds is 5. The Balaban J connectivity index is 1.98. The van der Waals surface area contributed by atoms with E-state index in [1.807, 2.05) is 0 Å². The van der Waals surface area contributed by atoms with Gasteiger partial charge in [-0.05, 0) is 48.6 Å². The zero-order chi connectivity index (χ0) is 14.5. The molecule has 1 atom stereocenters. The normalized spacial score (nSPS) is 12.4. The number of hydrogen-bond donors (Lipinski definition) is 1. The lowest BCUT2D eigenvalue weighted by molar-refractivity contribution is 0.572. The first-order chi connectivity index (χ1) is 9.60. The Hall–Kier alpha value is -1.03. The standard InChI is InChI=1S/C16H17ClFNS/c1-11(12-4-7-15(20-2)8-5-12)19-10-13-3-6-14(18)9-16(13)17/h3-9,11,19H,10H2,1-2H3. The van der Waals surface area contributed by atoms with Crippen LogP contribution in [0.15, 0.2) is 47.4 Å². The number of thioether (sulfide) groups is 1. The van der Waals surface area contributed by atoms with Gasteiger partial charge in [-0.25, -0.2) is 4.39 Å². The molecular weight excluding hydrogens is 293 g/mol. The number of hydrogen-bond acceptors (Lipinski definition) is 2. The van der Waals surface area contributed by atoms with E-state index in [1.165, 1.54) is 22.6 Å². The lowest BCUT2D eigenvalue weighted by Crippen LogP contribution is -2.18. The molecule has 2 aromatic carbocycles. The summed E-state index contributed by atoms with van der Waals surface area (Å²) in [5.74, 6) is -0.306. The Kier molecular flexibility index (Phi) is 5.46. The molecule has 1 nitrogen and oxygen atoms in total. The molecule has 1 unspecified atom stereocenters. The summed E-state index contributed by atoms with van der Waals surface area (Å²) in [7, 11) is 0. The monoisotopic (exact) mass is 309 g/mol. The molecule has 20 heavy (non-hydrogen) atoms. The molecule has 2 aromatic rings. The smallest absolute Gasteiger partial charge is 0.124 e. The summed E-state index contributed by atoms with van der Waals surface area (Å²) in [5.41, 5.74) is 2.13. The van der Waals surface area contributed by atoms with E-state index in [4.69, 9.17) is 11.6 Å². The molecule has 2 rings (SSSR count). The lowest BCUT2D eigenvalue weighted by Gasteiger charge is -2.15. The van der Waals surface area contributed by atoms with Crippen molar-refractivity contribution in [3.05, 3.63) is 64.4 Å². The highest BCUT2D eigenvalue weighted by Gasteiger charge is 2.07. The molecule has 0 fully saturated rings. The van der Waals surface area contributed by atoms with Crippen molar-refractivity contribution in [1.29, 1.82) is 0 Å². The fraction of sp³-hybridized carbons (Fsp3) is 0.250. The molecule has 0 aliphatic carbocycles. The van der Waals surface area contributed by atoms with Gasteiger partial charge in [-0.1, -0.05) is 29.8 Å². The highest BCUT2D eigenvalue weighted by atomic mass is 35.5. The minimum atomic E-state index is -0.306. The molecule has 1 N–H and O–H groups in total. The van der Waals surface area contributed by atoms with E-state index >= 15 is 0 Å². The maximum absolute atomic E-state index is 13.0. The molecule has 106 valence electrons. The predicted molar refractivity (Wildman–Crippen MR) is 84.9 cm³/mol. The fourth-order valence-corrected chi connectivity index (χ4v) is 2.58. The second-order valence-corrected chi connectivity index (χ2v) is 5.90. The maximum atomic E-state index is 13.0. The summed E-state index contributed by atoms with van der Waals surface area (Å²) in [5, 5.41) is 3.86. The summed E-state index contributed by atoms with van der Waals surface area (Å²) in [4.78, 5) is 1.25. The van der Waals surface area contributed by atoms with Gasteiger partial charge in [-0.2, -0.15) is 0 Å². The van der Waals surface area contributed by atoms with E-state index in [-0.39, 0.29) is 11.9 Å². The first kappa shape index (κ1) is 15.4. The number of halogens is 2. The van der Waals surface area contributed by atoms with Crippen LogP contribution in [0.2, 0.25) is 5.02 Å². The molecule has 0 aliphatic rings. The van der Waals surface area contributed by atoms with Gasteiger partial charge in [0.05, 0.1) is 0 Å². The van der Waals surface area contributed by atoms with E-state index in [0.29, 0.717) is 11.6 Å². The molecule has 0 saturated carbocycles. The fourth-order valence-electron chi connectivity index (χ4n) is 1.94. The molecule has 0 bridgehead atoms. The first-order valence-electron chi connectivity index (χ1n) is 6.41. The van der Waals surface area contributed by atoms with Crippen molar-refractivity contribution in [3.63, 3.8) is 0 Å². The summed E-state index contributed by atoms with van der Waals surface area (Å²) in [6, 6.07) is 13.2. The molecule has 0 aliphatic heterocycles. The van der Waals surface area contributed by atoms with Crippen LogP contribution in [0.3, 0.4) is 0 Å². The third kappa shape index (κ3) is 3.98. The summed E-state index contributed by atoms with van der Waals surface area (Å²) >= 11 is 7.75. The Morgan fingerprint density at radius 1 is 1.20 bits per heavy atom. The highest BCUT2D eigenvalue weighted by Crippen LogP contribution is 2.21. The van der Waals surface area contributed by atoms with E-state index in [1.54, 1.807) is 17.8 Å². The maximum Gasteiger partial charge on any atom is 0.124 e. The molecule has 0 heterocycles. The molecule has 0 radical (unpaired) electrons. The van der Waals surface area contributed by atoms with Crippen LogP contribution in [0, 0.1) is 5.82 Å². The zero-order valence-corrected chi connectivity index (χ0v) is 13.1. The first-order valence-corrected chi connectivity index (χ1v) is 8.01. The molecule has 0 spiro atoms. The van der Waals surface area contributed by atoms with Gasteiger partial charge in [-0.3, -0.25) is 0 Å². The Morgan fingerprint density at radius 2 is 1.90 bits per heavy atom. The van der Waals surface area contributed by atoms with Gasteiger partial charge in [-0.15, -0.1) is 11.8 Å². The van der Waals surface area contributed by atoms with Crippen molar-refractivity contribution in [2.45, 2.75) is 24.4 Å². The molecule has 0 saturated heterocycles. The Labute approximate surface area is 128 Å². The van der Waals surface area contributed by atoms with E-state index < -0.39 is 0 Å². The lowest BCUT2D eigenvalue weighted by atomic mass is 10.1. The topological polar surface area (TPSA) is 12.0 Å². The van der Waals surface area contributed by atoms with Crippen LogP contribution in [0.25, 0.3) is 0 Å². The van der Waals surface area contributed by atoms with Crippen LogP contribution >= 0.6 is 23.4 Å². The van der Waals surface area contributed by atoms with Crippen LogP contribution in [0.1, 0.15) is 24.1 Å². The van der Waals surface area contributed by atoms with Crippen molar-refractivity contribution < 1.29 is 4.39 Å². The molecule has 0 aromatic heterocycles. The quantitative estimate of drug-likeness (QED) is 0.775. The van der Waals surface area contributed by atoms with Gasteiger partial charge in [0, 0.05) is 22.5 Å². The minimum Gasteiger partial charge on any atom is -0.306 e. The van der Waals surface area contributed by atoms with Crippen LogP contribution in [0.5, 0.6) is 0 Å². The van der Waals surface area contributed by atoms with E-state index in [0.717, 1.165) is 5.56 Å². The van der Waals surface area contributed by atoms with Gasteiger partial charge in [0.25, 0.3) is 0 Å². The van der Waals surface area contributed by atoms with Gasteiger partial charge < -0.3 is 5.32 Å². The third-order valence-corrected chi connectivity index (χ3v) is 4.33. The second-order valence-electron chi connectivity index (χ2n) is 4.61. The largest absolute Gasteiger partial charge is 0.306 e. The minimum absolute atomic E-state index is 0.215. The number of benzene rings is 2. The zero-order valence-electron chi connectivity index (χ0n) is 11.5. The van der Waals surface area contributed by atoms with Crippen LogP contribution < -0.4 is 5.32 Å². The molecule has 4 heteroatoms. The molecule has 0 amide bonds. The van der Waals surface area contributed by atoms with Gasteiger partial charge in [0.2, 0.25) is 0 Å². The van der Waals surface area contributed by atoms with Crippen molar-refractivity contribution >= 4 is 23.4 Å². The average Bonchev–Trinajstić information content (AvgIpc) is 2.46. The van der Waals surface area contributed by atoms with E-state index in [2.05, 4.69) is 42.8 Å². The Bertz CT molecular complexity index is 571. The second kappa shape index (κ2) is 7.11. The summed E-state index contributed by atoms with van der Waals surface area (Å²) in [6.45, 7) is 2.72. The Morgan fingerprint density at radius 3 is 2.50 bits per heavy atom. The van der Waals surface area contributed by atoms with Crippen LogP contribution in [0.4, 0.5) is 4.39 Å². The van der Waals surface area contributed by atoms with Gasteiger partial charge >= 0.3 is 0 Å². The van der Waals surface area contributed by atoms with Gasteiger partial charge in [0.1, 0.15) is 5.82 Å². The van der Waals surface area contributed by atoms with E-state index in [9.17, 15) is 4.39 Å². The van der Waals surface area contributed by atoms with Gasteiger partial charge in [0.15, 0.2) is 0 Å². The molecular formula is C16H17ClFNS. The van der Waals surface area contributed by atoms with Crippen LogP contribution in [-0.2, 0) is 6.54 Å². The number of nitrogens with one attached hydrogen (secondary N) is 1. The van der Waals surface area contributed by atoms with Crippen molar-refractivity contribution in [3.8, 4) is 0 Å². The highest BCUT2D eigenvalue weighted by molar-refractivity contribution is 7.98. The van der Waals surface area contributed by atoms with Crippen LogP contribution in [-0.4, -0.2) is 6.26 Å². The average molecular weight is 310 g/mol. The predicted octanol–water partition coefficient (Wildman–Crippen LogP) is 5.05. The van der Waals surface area contributed by atoms with Crippen molar-refractivity contribution in [1.82, 2.24) is 5.32 Å². The third-order valence-electron chi connectivity index (χ3n) is 3.23. The SMILES string of the molecule is CSc1ccc(C(C)NCc2ccc(F)cc2Cl)cc1. The van der Waals surface area contributed by atoms with Crippen molar-refractivity contribution in [2.75, 3.05) is 6.26 Å². The van der Waals surface area contributed by atoms with Crippen molar-refractivity contribution in [2.24, 2.45) is 0 Å².